The summed E-state index contributed by atoms with van der Waals surface area (Å²) in [5, 5.41) is 3.43. The molecular weight excluding hydrogens is 222 g/mol. The maximum absolute atomic E-state index is 5.64. The summed E-state index contributed by atoms with van der Waals surface area (Å²) in [5.41, 5.74) is 0. The Morgan fingerprint density at radius 3 is 2.56 bits per heavy atom. The van der Waals surface area contributed by atoms with Crippen molar-refractivity contribution < 1.29 is 4.74 Å². The van der Waals surface area contributed by atoms with Gasteiger partial charge in [0, 0.05) is 6.04 Å². The van der Waals surface area contributed by atoms with Gasteiger partial charge in [0.05, 0.1) is 0 Å². The molecule has 0 spiro atoms. The maximum Gasteiger partial charge on any atom is 0.119 e. The molecule has 0 aliphatic heterocycles. The summed E-state index contributed by atoms with van der Waals surface area (Å²) in [6.45, 7) is 6.16. The van der Waals surface area contributed by atoms with Crippen molar-refractivity contribution in [2.24, 2.45) is 0 Å². The van der Waals surface area contributed by atoms with E-state index in [1.165, 1.54) is 12.8 Å². The van der Waals surface area contributed by atoms with Crippen LogP contribution in [0.4, 0.5) is 0 Å². The predicted octanol–water partition coefficient (Wildman–Crippen LogP) is 3.27. The fourth-order valence-electron chi connectivity index (χ4n) is 1.32. The Kier molecular flexibility index (Phi) is 9.06. The summed E-state index contributed by atoms with van der Waals surface area (Å²) in [4.78, 5) is 0. The van der Waals surface area contributed by atoms with E-state index in [9.17, 15) is 0 Å². The highest BCUT2D eigenvalue weighted by molar-refractivity contribution is 5.85. The van der Waals surface area contributed by atoms with Crippen LogP contribution in [0.5, 0.6) is 5.75 Å². The fraction of sp³-hybridized carbons (Fsp3) is 0.538. The summed E-state index contributed by atoms with van der Waals surface area (Å²) in [6.07, 6.45) is 2.47. The molecule has 3 heteroatoms. The summed E-state index contributed by atoms with van der Waals surface area (Å²) in [5.74, 6) is 0.946. The summed E-state index contributed by atoms with van der Waals surface area (Å²) < 4.78 is 5.64. The normalized spacial score (nSPS) is 11.6. The van der Waals surface area contributed by atoms with Crippen LogP contribution in [0.25, 0.3) is 0 Å². The summed E-state index contributed by atoms with van der Waals surface area (Å²) in [6, 6.07) is 10.4. The number of hydrogen-bond donors (Lipinski definition) is 1. The Bertz CT molecular complexity index is 253. The van der Waals surface area contributed by atoms with E-state index in [-0.39, 0.29) is 12.4 Å². The molecule has 1 rings (SSSR count). The molecule has 0 aromatic heterocycles. The van der Waals surface area contributed by atoms with Gasteiger partial charge >= 0.3 is 0 Å². The number of benzene rings is 1. The number of halogens is 1. The first kappa shape index (κ1) is 15.3. The Morgan fingerprint density at radius 1 is 1.25 bits per heavy atom. The smallest absolute Gasteiger partial charge is 0.119 e. The second-order valence-electron chi connectivity index (χ2n) is 3.83. The van der Waals surface area contributed by atoms with Crippen LogP contribution in [-0.4, -0.2) is 19.2 Å². The highest BCUT2D eigenvalue weighted by atomic mass is 35.5. The van der Waals surface area contributed by atoms with Gasteiger partial charge in [-0.2, -0.15) is 0 Å². The lowest BCUT2D eigenvalue weighted by Crippen LogP contribution is -2.32. The molecule has 1 atom stereocenters. The Morgan fingerprint density at radius 2 is 1.94 bits per heavy atom. The van der Waals surface area contributed by atoms with Crippen molar-refractivity contribution in [1.29, 1.82) is 0 Å². The van der Waals surface area contributed by atoms with E-state index < -0.39 is 0 Å². The summed E-state index contributed by atoms with van der Waals surface area (Å²) in [7, 11) is 0. The van der Waals surface area contributed by atoms with Crippen molar-refractivity contribution in [2.45, 2.75) is 32.7 Å². The zero-order valence-electron chi connectivity index (χ0n) is 10.1. The monoisotopic (exact) mass is 243 g/mol. The molecule has 0 amide bonds. The second-order valence-corrected chi connectivity index (χ2v) is 3.83. The van der Waals surface area contributed by atoms with Gasteiger partial charge in [0.25, 0.3) is 0 Å². The van der Waals surface area contributed by atoms with Crippen LogP contribution >= 0.6 is 12.4 Å². The number of hydrogen-bond acceptors (Lipinski definition) is 2. The quantitative estimate of drug-likeness (QED) is 0.743. The lowest BCUT2D eigenvalue weighted by molar-refractivity contribution is 0.273. The predicted molar refractivity (Wildman–Crippen MR) is 71.6 cm³/mol. The van der Waals surface area contributed by atoms with E-state index in [2.05, 4.69) is 19.2 Å². The van der Waals surface area contributed by atoms with Crippen LogP contribution in [0.3, 0.4) is 0 Å². The highest BCUT2D eigenvalue weighted by Gasteiger charge is 2.00. The van der Waals surface area contributed by atoms with Gasteiger partial charge < -0.3 is 10.1 Å². The molecule has 16 heavy (non-hydrogen) atoms. The van der Waals surface area contributed by atoms with Gasteiger partial charge in [-0.25, -0.2) is 0 Å². The average Bonchev–Trinajstić information content (AvgIpc) is 2.28. The molecule has 2 nitrogen and oxygen atoms in total. The number of nitrogens with one attached hydrogen (secondary N) is 1. The average molecular weight is 244 g/mol. The minimum absolute atomic E-state index is 0. The molecule has 1 unspecified atom stereocenters. The molecule has 0 aliphatic carbocycles. The SMILES string of the molecule is CCCCNC(C)COc1ccccc1.Cl. The summed E-state index contributed by atoms with van der Waals surface area (Å²) >= 11 is 0. The maximum atomic E-state index is 5.64. The second kappa shape index (κ2) is 9.49. The third-order valence-corrected chi connectivity index (χ3v) is 2.27. The number of para-hydroxylation sites is 1. The zero-order chi connectivity index (χ0) is 10.9. The first-order valence-electron chi connectivity index (χ1n) is 5.74. The van der Waals surface area contributed by atoms with Crippen molar-refractivity contribution in [3.63, 3.8) is 0 Å². The molecule has 0 bridgehead atoms. The molecule has 1 aromatic carbocycles. The Labute approximate surface area is 105 Å². The minimum atomic E-state index is 0. The molecule has 0 aliphatic rings. The van der Waals surface area contributed by atoms with E-state index in [1.54, 1.807) is 0 Å². The van der Waals surface area contributed by atoms with Gasteiger partial charge in [-0.05, 0) is 32.0 Å². The topological polar surface area (TPSA) is 21.3 Å². The van der Waals surface area contributed by atoms with Gasteiger partial charge in [-0.3, -0.25) is 0 Å². The Hall–Kier alpha value is -0.730. The third-order valence-electron chi connectivity index (χ3n) is 2.27. The van der Waals surface area contributed by atoms with Crippen molar-refractivity contribution in [3.05, 3.63) is 30.3 Å². The van der Waals surface area contributed by atoms with E-state index in [0.29, 0.717) is 6.04 Å². The molecule has 1 N–H and O–H groups in total. The van der Waals surface area contributed by atoms with Gasteiger partial charge in [-0.1, -0.05) is 31.5 Å². The van der Waals surface area contributed by atoms with Gasteiger partial charge in [-0.15, -0.1) is 12.4 Å². The van der Waals surface area contributed by atoms with E-state index in [4.69, 9.17) is 4.74 Å². The lowest BCUT2D eigenvalue weighted by Gasteiger charge is -2.14. The standard InChI is InChI=1S/C13H21NO.ClH/c1-3-4-10-14-12(2)11-15-13-8-6-5-7-9-13;/h5-9,12,14H,3-4,10-11H2,1-2H3;1H. The lowest BCUT2D eigenvalue weighted by atomic mass is 10.3. The molecule has 0 fully saturated rings. The largest absolute Gasteiger partial charge is 0.492 e. The van der Waals surface area contributed by atoms with Crippen molar-refractivity contribution in [3.8, 4) is 5.75 Å². The molecule has 1 aromatic rings. The van der Waals surface area contributed by atoms with Gasteiger partial charge in [0.15, 0.2) is 0 Å². The van der Waals surface area contributed by atoms with Crippen LogP contribution < -0.4 is 10.1 Å². The first-order valence-corrected chi connectivity index (χ1v) is 5.74. The van der Waals surface area contributed by atoms with Crippen LogP contribution in [0.2, 0.25) is 0 Å². The first-order chi connectivity index (χ1) is 7.33. The van der Waals surface area contributed by atoms with Crippen molar-refractivity contribution in [2.75, 3.05) is 13.2 Å². The molecule has 0 saturated carbocycles. The van der Waals surface area contributed by atoms with Crippen LogP contribution in [-0.2, 0) is 0 Å². The highest BCUT2D eigenvalue weighted by Crippen LogP contribution is 2.08. The van der Waals surface area contributed by atoms with Gasteiger partial charge in [0.1, 0.15) is 12.4 Å². The van der Waals surface area contributed by atoms with E-state index in [0.717, 1.165) is 18.9 Å². The molecule has 0 radical (unpaired) electrons. The number of rotatable bonds is 7. The van der Waals surface area contributed by atoms with Crippen molar-refractivity contribution in [1.82, 2.24) is 5.32 Å². The minimum Gasteiger partial charge on any atom is -0.492 e. The number of ether oxygens (including phenoxy) is 1. The van der Waals surface area contributed by atoms with Crippen molar-refractivity contribution >= 4 is 12.4 Å². The van der Waals surface area contributed by atoms with Crippen LogP contribution in [0.15, 0.2) is 30.3 Å². The van der Waals surface area contributed by atoms with Gasteiger partial charge in [0.2, 0.25) is 0 Å². The molecule has 92 valence electrons. The number of unbranched alkanes of at least 4 members (excludes halogenated alkanes) is 1. The Balaban J connectivity index is 0.00000225. The van der Waals surface area contributed by atoms with E-state index >= 15 is 0 Å². The zero-order valence-corrected chi connectivity index (χ0v) is 10.9. The molecular formula is C13H22ClNO. The van der Waals surface area contributed by atoms with Crippen LogP contribution in [0, 0.1) is 0 Å². The molecule has 0 saturated heterocycles. The third kappa shape index (κ3) is 6.70. The fourth-order valence-corrected chi connectivity index (χ4v) is 1.32. The van der Waals surface area contributed by atoms with Crippen LogP contribution in [0.1, 0.15) is 26.7 Å². The molecule has 0 heterocycles. The van der Waals surface area contributed by atoms with E-state index in [1.807, 2.05) is 30.3 Å².